The van der Waals surface area contributed by atoms with Crippen LogP contribution in [0.25, 0.3) is 0 Å². The van der Waals surface area contributed by atoms with Crippen molar-refractivity contribution in [3.63, 3.8) is 0 Å². The van der Waals surface area contributed by atoms with E-state index in [2.05, 4.69) is 27.7 Å². The van der Waals surface area contributed by atoms with E-state index in [0.717, 1.165) is 18.3 Å². The second-order valence-corrected chi connectivity index (χ2v) is 8.52. The number of ether oxygens (including phenoxy) is 1. The smallest absolute Gasteiger partial charge is 0.0732 e. The average molecular weight is 279 g/mol. The van der Waals surface area contributed by atoms with E-state index in [-0.39, 0.29) is 6.04 Å². The summed E-state index contributed by atoms with van der Waals surface area (Å²) in [7, 11) is 0. The largest absolute Gasteiger partial charge is 0.373 e. The topological polar surface area (TPSA) is 35.2 Å². The van der Waals surface area contributed by atoms with Crippen LogP contribution < -0.4 is 5.73 Å². The summed E-state index contributed by atoms with van der Waals surface area (Å²) in [4.78, 5) is 0. The molecule has 0 aromatic rings. The van der Waals surface area contributed by atoms with Crippen molar-refractivity contribution < 1.29 is 4.74 Å². The van der Waals surface area contributed by atoms with Gasteiger partial charge in [-0.2, -0.15) is 0 Å². The van der Waals surface area contributed by atoms with Crippen LogP contribution in [-0.2, 0) is 4.74 Å². The maximum Gasteiger partial charge on any atom is 0.0732 e. The average Bonchev–Trinajstić information content (AvgIpc) is 2.74. The van der Waals surface area contributed by atoms with Crippen LogP contribution in [0.15, 0.2) is 0 Å². The van der Waals surface area contributed by atoms with E-state index in [1.54, 1.807) is 0 Å². The molecule has 0 aromatic heterocycles. The first kappa shape index (κ1) is 14.8. The molecule has 0 spiro atoms. The predicted molar refractivity (Wildman–Crippen MR) is 83.5 cm³/mol. The van der Waals surface area contributed by atoms with Crippen LogP contribution in [0.1, 0.15) is 72.6 Å². The van der Waals surface area contributed by atoms with Crippen molar-refractivity contribution in [2.75, 3.05) is 0 Å². The molecule has 2 N–H and O–H groups in total. The van der Waals surface area contributed by atoms with Crippen LogP contribution in [0.2, 0.25) is 0 Å². The highest BCUT2D eigenvalue weighted by Crippen LogP contribution is 2.66. The van der Waals surface area contributed by atoms with Gasteiger partial charge in [0, 0.05) is 6.04 Å². The number of hydrogen-bond acceptors (Lipinski definition) is 2. The molecule has 20 heavy (non-hydrogen) atoms. The Morgan fingerprint density at radius 1 is 1.10 bits per heavy atom. The summed E-state index contributed by atoms with van der Waals surface area (Å²) in [6.07, 6.45) is 9.69. The molecular formula is C18H33NO. The first-order valence-electron chi connectivity index (χ1n) is 8.79. The van der Waals surface area contributed by atoms with Crippen LogP contribution in [-0.4, -0.2) is 18.2 Å². The van der Waals surface area contributed by atoms with Crippen LogP contribution in [0.4, 0.5) is 0 Å². The van der Waals surface area contributed by atoms with Gasteiger partial charge in [0.1, 0.15) is 0 Å². The number of rotatable bonds is 3. The van der Waals surface area contributed by atoms with Gasteiger partial charge in [0.15, 0.2) is 0 Å². The van der Waals surface area contributed by atoms with E-state index in [1.807, 2.05) is 0 Å². The molecular weight excluding hydrogens is 246 g/mol. The summed E-state index contributed by atoms with van der Waals surface area (Å²) >= 11 is 0. The van der Waals surface area contributed by atoms with Crippen molar-refractivity contribution in [3.8, 4) is 0 Å². The minimum atomic E-state index is 0.267. The summed E-state index contributed by atoms with van der Waals surface area (Å²) < 4.78 is 6.64. The fraction of sp³-hybridized carbons (Fsp3) is 1.00. The number of fused-ring (bicyclic) bond motifs is 2. The molecule has 3 rings (SSSR count). The SMILES string of the molecule is CCC1CCC(N)C(OC2CC3CCC2(C)C3(C)C)C1. The van der Waals surface area contributed by atoms with E-state index in [1.165, 1.54) is 38.5 Å². The highest BCUT2D eigenvalue weighted by Gasteiger charge is 2.62. The molecule has 0 heterocycles. The first-order chi connectivity index (χ1) is 9.38. The number of nitrogens with two attached hydrogens (primary N) is 1. The molecule has 116 valence electrons. The molecule has 0 saturated heterocycles. The molecule has 0 aliphatic heterocycles. The Hall–Kier alpha value is -0.0800. The normalized spacial score (nSPS) is 50.5. The molecule has 0 aromatic carbocycles. The highest BCUT2D eigenvalue weighted by molar-refractivity contribution is 5.11. The van der Waals surface area contributed by atoms with Gasteiger partial charge in [-0.3, -0.25) is 0 Å². The molecule has 3 aliphatic carbocycles. The van der Waals surface area contributed by atoms with Gasteiger partial charge in [-0.1, -0.05) is 34.1 Å². The van der Waals surface area contributed by atoms with Crippen molar-refractivity contribution in [1.29, 1.82) is 0 Å². The molecule has 3 aliphatic rings. The van der Waals surface area contributed by atoms with E-state index < -0.39 is 0 Å². The molecule has 3 saturated carbocycles. The molecule has 2 heteroatoms. The lowest BCUT2D eigenvalue weighted by Gasteiger charge is -2.43. The maximum absolute atomic E-state index is 6.64. The predicted octanol–water partition coefficient (Wildman–Crippen LogP) is 4.12. The molecule has 6 atom stereocenters. The Labute approximate surface area is 124 Å². The number of hydrogen-bond donors (Lipinski definition) is 1. The van der Waals surface area contributed by atoms with Crippen LogP contribution in [0, 0.1) is 22.7 Å². The molecule has 0 radical (unpaired) electrons. The van der Waals surface area contributed by atoms with Gasteiger partial charge in [-0.25, -0.2) is 0 Å². The van der Waals surface area contributed by atoms with Gasteiger partial charge in [0.25, 0.3) is 0 Å². The Kier molecular flexibility index (Phi) is 3.70. The van der Waals surface area contributed by atoms with Crippen molar-refractivity contribution in [2.24, 2.45) is 28.4 Å². The standard InChI is InChI=1S/C18H33NO/c1-5-12-6-7-14(19)15(10-12)20-16-11-13-8-9-18(16,4)17(13,2)3/h12-16H,5-11,19H2,1-4H3. The van der Waals surface area contributed by atoms with Gasteiger partial charge in [-0.05, 0) is 61.2 Å². The summed E-state index contributed by atoms with van der Waals surface area (Å²) in [5.41, 5.74) is 7.17. The van der Waals surface area contributed by atoms with Gasteiger partial charge >= 0.3 is 0 Å². The van der Waals surface area contributed by atoms with E-state index in [0.29, 0.717) is 23.0 Å². The Bertz CT molecular complexity index is 366. The quantitative estimate of drug-likeness (QED) is 0.843. The zero-order valence-electron chi connectivity index (χ0n) is 13.8. The summed E-state index contributed by atoms with van der Waals surface area (Å²) in [6, 6.07) is 0.267. The van der Waals surface area contributed by atoms with E-state index in [9.17, 15) is 0 Å². The van der Waals surface area contributed by atoms with E-state index in [4.69, 9.17) is 10.5 Å². The van der Waals surface area contributed by atoms with Crippen molar-refractivity contribution >= 4 is 0 Å². The zero-order valence-corrected chi connectivity index (χ0v) is 13.8. The highest BCUT2D eigenvalue weighted by atomic mass is 16.5. The third kappa shape index (κ3) is 2.06. The van der Waals surface area contributed by atoms with Gasteiger partial charge in [0.2, 0.25) is 0 Å². The maximum atomic E-state index is 6.64. The molecule has 2 nitrogen and oxygen atoms in total. The summed E-state index contributed by atoms with van der Waals surface area (Å²) in [5, 5.41) is 0. The lowest BCUT2D eigenvalue weighted by atomic mass is 9.70. The second-order valence-electron chi connectivity index (χ2n) is 8.52. The minimum Gasteiger partial charge on any atom is -0.373 e. The van der Waals surface area contributed by atoms with Gasteiger partial charge in [0.05, 0.1) is 12.2 Å². The van der Waals surface area contributed by atoms with Crippen molar-refractivity contribution in [1.82, 2.24) is 0 Å². The summed E-state index contributed by atoms with van der Waals surface area (Å²) in [6.45, 7) is 9.70. The van der Waals surface area contributed by atoms with Crippen LogP contribution >= 0.6 is 0 Å². The first-order valence-corrected chi connectivity index (χ1v) is 8.79. The molecule has 2 bridgehead atoms. The minimum absolute atomic E-state index is 0.267. The monoisotopic (exact) mass is 279 g/mol. The van der Waals surface area contributed by atoms with Crippen LogP contribution in [0.3, 0.4) is 0 Å². The second kappa shape index (κ2) is 4.98. The zero-order chi connectivity index (χ0) is 14.5. The van der Waals surface area contributed by atoms with Crippen molar-refractivity contribution in [3.05, 3.63) is 0 Å². The van der Waals surface area contributed by atoms with Gasteiger partial charge in [-0.15, -0.1) is 0 Å². The lowest BCUT2D eigenvalue weighted by Crippen LogP contribution is -2.47. The molecule has 0 amide bonds. The fourth-order valence-electron chi connectivity index (χ4n) is 5.31. The molecule has 3 fully saturated rings. The third-order valence-electron chi connectivity index (χ3n) is 7.58. The molecule has 6 unspecified atom stereocenters. The van der Waals surface area contributed by atoms with Gasteiger partial charge < -0.3 is 10.5 Å². The Morgan fingerprint density at radius 2 is 1.85 bits per heavy atom. The van der Waals surface area contributed by atoms with Crippen molar-refractivity contribution in [2.45, 2.75) is 90.9 Å². The Balaban J connectivity index is 1.69. The Morgan fingerprint density at radius 3 is 2.40 bits per heavy atom. The third-order valence-corrected chi connectivity index (χ3v) is 7.58. The fourth-order valence-corrected chi connectivity index (χ4v) is 5.31. The summed E-state index contributed by atoms with van der Waals surface area (Å²) in [5.74, 6) is 1.69. The van der Waals surface area contributed by atoms with Crippen LogP contribution in [0.5, 0.6) is 0 Å². The lowest BCUT2D eigenvalue weighted by molar-refractivity contribution is -0.108. The van der Waals surface area contributed by atoms with E-state index >= 15 is 0 Å².